The zero-order valence-corrected chi connectivity index (χ0v) is 14.6. The fourth-order valence-electron chi connectivity index (χ4n) is 2.74. The van der Waals surface area contributed by atoms with Crippen LogP contribution in [-0.4, -0.2) is 30.6 Å². The van der Waals surface area contributed by atoms with Gasteiger partial charge in [0.2, 0.25) is 17.7 Å². The molecule has 0 unspecified atom stereocenters. The number of aryl methyl sites for hydroxylation is 1. The molecule has 0 atom stereocenters. The molecule has 4 aromatic rings. The van der Waals surface area contributed by atoms with Gasteiger partial charge in [0.25, 0.3) is 5.91 Å². The van der Waals surface area contributed by atoms with E-state index in [4.69, 9.17) is 10.2 Å². The molecule has 0 saturated carbocycles. The highest BCUT2D eigenvalue weighted by molar-refractivity contribution is 5.96. The Balaban J connectivity index is 1.47. The molecule has 0 aliphatic rings. The molecule has 0 spiro atoms. The van der Waals surface area contributed by atoms with Gasteiger partial charge in [0.05, 0.1) is 12.1 Å². The highest BCUT2D eigenvalue weighted by Gasteiger charge is 2.14. The maximum absolute atomic E-state index is 12.4. The molecule has 3 aromatic heterocycles. The van der Waals surface area contributed by atoms with Crippen LogP contribution in [-0.2, 0) is 13.1 Å². The van der Waals surface area contributed by atoms with Gasteiger partial charge in [0, 0.05) is 18.3 Å². The van der Waals surface area contributed by atoms with E-state index in [9.17, 15) is 4.79 Å². The van der Waals surface area contributed by atoms with Crippen molar-refractivity contribution >= 4 is 23.0 Å². The van der Waals surface area contributed by atoms with Crippen LogP contribution in [0.2, 0.25) is 0 Å². The van der Waals surface area contributed by atoms with Crippen molar-refractivity contribution in [2.45, 2.75) is 20.0 Å². The van der Waals surface area contributed by atoms with Gasteiger partial charge < -0.3 is 15.5 Å². The molecule has 0 radical (unpaired) electrons. The van der Waals surface area contributed by atoms with E-state index in [1.54, 1.807) is 10.6 Å². The molecule has 3 heterocycles. The van der Waals surface area contributed by atoms with Crippen molar-refractivity contribution in [3.8, 4) is 11.5 Å². The van der Waals surface area contributed by atoms with Crippen molar-refractivity contribution in [3.05, 3.63) is 54.0 Å². The Kier molecular flexibility index (Phi) is 4.25. The lowest BCUT2D eigenvalue weighted by Crippen LogP contribution is -2.23. The highest BCUT2D eigenvalue weighted by Crippen LogP contribution is 2.18. The lowest BCUT2D eigenvalue weighted by molar-refractivity contribution is 0.0947. The van der Waals surface area contributed by atoms with Crippen molar-refractivity contribution in [2.75, 3.05) is 5.73 Å². The third-order valence-electron chi connectivity index (χ3n) is 4.08. The van der Waals surface area contributed by atoms with Gasteiger partial charge in [-0.05, 0) is 25.1 Å². The predicted octanol–water partition coefficient (Wildman–Crippen LogP) is 2.01. The first kappa shape index (κ1) is 16.7. The molecule has 1 amide bonds. The van der Waals surface area contributed by atoms with Gasteiger partial charge >= 0.3 is 0 Å². The lowest BCUT2D eigenvalue weighted by Gasteiger charge is -2.03. The summed E-state index contributed by atoms with van der Waals surface area (Å²) < 4.78 is 7.35. The zero-order valence-electron chi connectivity index (χ0n) is 14.6. The van der Waals surface area contributed by atoms with Crippen LogP contribution in [0.1, 0.15) is 23.2 Å². The Morgan fingerprint density at radius 3 is 2.85 bits per heavy atom. The van der Waals surface area contributed by atoms with Gasteiger partial charge in [-0.15, -0.1) is 10.2 Å². The van der Waals surface area contributed by atoms with E-state index < -0.39 is 0 Å². The second-order valence-corrected chi connectivity index (χ2v) is 5.83. The first-order valence-corrected chi connectivity index (χ1v) is 8.43. The third-order valence-corrected chi connectivity index (χ3v) is 4.08. The summed E-state index contributed by atoms with van der Waals surface area (Å²) in [6.45, 7) is 2.72. The van der Waals surface area contributed by atoms with Crippen molar-refractivity contribution in [3.63, 3.8) is 0 Å². The summed E-state index contributed by atoms with van der Waals surface area (Å²) in [7, 11) is 0. The summed E-state index contributed by atoms with van der Waals surface area (Å²) in [5, 5.41) is 10.7. The van der Waals surface area contributed by atoms with Crippen molar-refractivity contribution < 1.29 is 9.21 Å². The first-order chi connectivity index (χ1) is 13.2. The molecule has 4 rings (SSSR count). The maximum atomic E-state index is 12.4. The predicted molar refractivity (Wildman–Crippen MR) is 98.5 cm³/mol. The Hall–Kier alpha value is -3.75. The number of aromatic nitrogens is 5. The van der Waals surface area contributed by atoms with Crippen LogP contribution in [0.5, 0.6) is 0 Å². The average molecular weight is 363 g/mol. The number of benzene rings is 1. The number of carbonyl (C=O) groups excluding carboxylic acids is 1. The Morgan fingerprint density at radius 1 is 1.26 bits per heavy atom. The fraction of sp³-hybridized carbons (Fsp3) is 0.167. The Morgan fingerprint density at radius 2 is 2.07 bits per heavy atom. The van der Waals surface area contributed by atoms with E-state index in [1.165, 1.54) is 6.20 Å². The van der Waals surface area contributed by atoms with Crippen molar-refractivity contribution in [1.82, 2.24) is 30.0 Å². The number of nitrogens with zero attached hydrogens (tertiary/aromatic N) is 5. The molecular weight excluding hydrogens is 346 g/mol. The number of nitrogens with two attached hydrogens (primary N) is 1. The number of imidazole rings is 1. The molecule has 0 aliphatic carbocycles. The van der Waals surface area contributed by atoms with Gasteiger partial charge in [-0.2, -0.15) is 0 Å². The Labute approximate surface area is 154 Å². The number of hydrogen-bond acceptors (Lipinski definition) is 7. The van der Waals surface area contributed by atoms with Crippen molar-refractivity contribution in [2.24, 2.45) is 0 Å². The summed E-state index contributed by atoms with van der Waals surface area (Å²) in [5.74, 6) is 0.782. The SMILES string of the molecule is CCn1c(N)nc2cc(C(=O)NCc3nnc(-c4ccccc4)o3)cnc21. The molecule has 1 aromatic carbocycles. The zero-order chi connectivity index (χ0) is 18.8. The minimum atomic E-state index is -0.312. The molecule has 0 saturated heterocycles. The smallest absolute Gasteiger partial charge is 0.253 e. The van der Waals surface area contributed by atoms with E-state index >= 15 is 0 Å². The molecule has 3 N–H and O–H groups in total. The van der Waals surface area contributed by atoms with E-state index in [0.29, 0.717) is 41.0 Å². The van der Waals surface area contributed by atoms with Crippen molar-refractivity contribution in [1.29, 1.82) is 0 Å². The molecule has 9 heteroatoms. The quantitative estimate of drug-likeness (QED) is 0.555. The topological polar surface area (TPSA) is 125 Å². The van der Waals surface area contributed by atoms with Crippen LogP contribution in [0.15, 0.2) is 47.0 Å². The summed E-state index contributed by atoms with van der Waals surface area (Å²) >= 11 is 0. The van der Waals surface area contributed by atoms with Crippen LogP contribution in [0.3, 0.4) is 0 Å². The molecule has 136 valence electrons. The first-order valence-electron chi connectivity index (χ1n) is 8.43. The largest absolute Gasteiger partial charge is 0.419 e. The maximum Gasteiger partial charge on any atom is 0.253 e. The molecule has 27 heavy (non-hydrogen) atoms. The molecular formula is C18H17N7O2. The Bertz CT molecular complexity index is 1100. The van der Waals surface area contributed by atoms with Gasteiger partial charge in [-0.25, -0.2) is 9.97 Å². The summed E-state index contributed by atoms with van der Waals surface area (Å²) in [5.41, 5.74) is 8.28. The van der Waals surface area contributed by atoms with Crippen LogP contribution in [0, 0.1) is 0 Å². The summed E-state index contributed by atoms with van der Waals surface area (Å²) in [6.07, 6.45) is 1.49. The number of carbonyl (C=O) groups is 1. The third kappa shape index (κ3) is 3.22. The number of nitrogens with one attached hydrogen (secondary N) is 1. The van der Waals surface area contributed by atoms with Gasteiger partial charge in [-0.1, -0.05) is 18.2 Å². The lowest BCUT2D eigenvalue weighted by atomic mass is 10.2. The number of nitrogen functional groups attached to an aromatic ring is 1. The standard InChI is InChI=1S/C18H17N7O2/c1-2-25-15-13(22-18(25)19)8-12(9-20-15)16(26)21-10-14-23-24-17(27-14)11-6-4-3-5-7-11/h3-9H,2,10H2,1H3,(H2,19,22)(H,21,26). The van der Waals surface area contributed by atoms with Crippen LogP contribution < -0.4 is 11.1 Å². The van der Waals surface area contributed by atoms with Gasteiger partial charge in [0.1, 0.15) is 5.52 Å². The summed E-state index contributed by atoms with van der Waals surface area (Å²) in [4.78, 5) is 20.9. The normalized spacial score (nSPS) is 11.0. The number of anilines is 1. The fourth-order valence-corrected chi connectivity index (χ4v) is 2.74. The van der Waals surface area contributed by atoms with E-state index in [0.717, 1.165) is 5.56 Å². The number of pyridine rings is 1. The summed E-state index contributed by atoms with van der Waals surface area (Å²) in [6, 6.07) is 11.1. The van der Waals surface area contributed by atoms with Gasteiger partial charge in [0.15, 0.2) is 5.65 Å². The van der Waals surface area contributed by atoms with Crippen LogP contribution in [0.4, 0.5) is 5.95 Å². The second-order valence-electron chi connectivity index (χ2n) is 5.83. The number of amides is 1. The van der Waals surface area contributed by atoms with E-state index in [2.05, 4.69) is 25.5 Å². The average Bonchev–Trinajstić information content (AvgIpc) is 3.29. The molecule has 0 aliphatic heterocycles. The van der Waals surface area contributed by atoms with Crippen LogP contribution in [0.25, 0.3) is 22.6 Å². The molecule has 9 nitrogen and oxygen atoms in total. The monoisotopic (exact) mass is 363 g/mol. The second kappa shape index (κ2) is 6.87. The number of rotatable bonds is 5. The van der Waals surface area contributed by atoms with E-state index in [-0.39, 0.29) is 12.5 Å². The minimum Gasteiger partial charge on any atom is -0.419 e. The highest BCUT2D eigenvalue weighted by atomic mass is 16.4. The minimum absolute atomic E-state index is 0.113. The van der Waals surface area contributed by atoms with Gasteiger partial charge in [-0.3, -0.25) is 9.36 Å². The van der Waals surface area contributed by atoms with Crippen LogP contribution >= 0.6 is 0 Å². The van der Waals surface area contributed by atoms with E-state index in [1.807, 2.05) is 37.3 Å². The molecule has 0 bridgehead atoms. The number of hydrogen-bond donors (Lipinski definition) is 2. The number of fused-ring (bicyclic) bond motifs is 1. The molecule has 0 fully saturated rings.